The van der Waals surface area contributed by atoms with Gasteiger partial charge in [-0.1, -0.05) is 104 Å². The Bertz CT molecular complexity index is 3300. The maximum Gasteiger partial charge on any atom is 0.167 e. The summed E-state index contributed by atoms with van der Waals surface area (Å²) in [6.07, 6.45) is 7.58. The number of ether oxygens (including phenoxy) is 2. The Kier molecular flexibility index (Phi) is 17.2. The molecular weight excluding hydrogens is 981 g/mol. The number of methoxy groups -OCH3 is 2. The number of hydrogen-bond donors (Lipinski definition) is 6. The molecule has 0 atom stereocenters. The van der Waals surface area contributed by atoms with Crippen LogP contribution in [0.2, 0.25) is 0 Å². The van der Waals surface area contributed by atoms with Crippen molar-refractivity contribution in [3.63, 3.8) is 0 Å². The molecule has 0 aliphatic carbocycles. The standard InChI is InChI=1S/C56H48N6O14/c1-69-47-15-7-11-37(51(47)63)29-57-71-25-27-73-59-31-39-17-19-41(55(67)53(39)65)33-61-75-45-23-21-35-9-3-5-13-43(35)49(45)50-44-14-6-4-10-36(44)22-24-46(50)76-62-34-42-20-18-40(54(66)56(42)68)32-60-74-28-26-72-58-30-38-12-8-16-48(70-2)52(38)64/h3-24,29-34,63-68H,25-28H2,1-2H3/b57-29+,58-30+,59-31+,60-32+,61-33+,62-34+. The predicted molar refractivity (Wildman–Crippen MR) is 286 cm³/mol. The summed E-state index contributed by atoms with van der Waals surface area (Å²) in [6, 6.07) is 38.5. The van der Waals surface area contributed by atoms with Gasteiger partial charge in [0.1, 0.15) is 0 Å². The fourth-order valence-corrected chi connectivity index (χ4v) is 7.44. The summed E-state index contributed by atoms with van der Waals surface area (Å²) in [5, 5.41) is 90.9. The van der Waals surface area contributed by atoms with Gasteiger partial charge in [-0.15, -0.1) is 0 Å². The van der Waals surface area contributed by atoms with Gasteiger partial charge in [-0.05, 0) is 82.2 Å². The molecule has 8 aromatic carbocycles. The number of para-hydroxylation sites is 2. The second-order valence-corrected chi connectivity index (χ2v) is 15.9. The molecule has 8 rings (SSSR count). The highest BCUT2D eigenvalue weighted by Gasteiger charge is 2.21. The van der Waals surface area contributed by atoms with Gasteiger partial charge in [-0.2, -0.15) is 0 Å². The maximum atomic E-state index is 10.9. The minimum absolute atomic E-state index is 0.00150. The van der Waals surface area contributed by atoms with E-state index in [1.165, 1.54) is 75.8 Å². The number of hydrogen-bond acceptors (Lipinski definition) is 20. The first-order valence-corrected chi connectivity index (χ1v) is 23.0. The average Bonchev–Trinajstić information content (AvgIpc) is 3.45. The van der Waals surface area contributed by atoms with Crippen LogP contribution in [-0.4, -0.2) is 109 Å². The van der Waals surface area contributed by atoms with Crippen LogP contribution in [0.1, 0.15) is 33.4 Å². The van der Waals surface area contributed by atoms with Crippen molar-refractivity contribution >= 4 is 58.8 Å². The summed E-state index contributed by atoms with van der Waals surface area (Å²) in [6.45, 7) is 0.0480. The van der Waals surface area contributed by atoms with E-state index < -0.39 is 23.0 Å². The first kappa shape index (κ1) is 51.8. The summed E-state index contributed by atoms with van der Waals surface area (Å²) in [5.74, 6) is -0.851. The summed E-state index contributed by atoms with van der Waals surface area (Å²) < 4.78 is 10.2. The molecule has 8 aromatic rings. The molecule has 0 radical (unpaired) electrons. The van der Waals surface area contributed by atoms with Crippen LogP contribution >= 0.6 is 0 Å². The van der Waals surface area contributed by atoms with Crippen LogP contribution in [0.3, 0.4) is 0 Å². The zero-order valence-electron chi connectivity index (χ0n) is 40.6. The van der Waals surface area contributed by atoms with Crippen LogP contribution in [-0.2, 0) is 19.4 Å². The van der Waals surface area contributed by atoms with Gasteiger partial charge in [0.2, 0.25) is 0 Å². The largest absolute Gasteiger partial charge is 0.504 e. The van der Waals surface area contributed by atoms with E-state index in [9.17, 15) is 30.6 Å². The van der Waals surface area contributed by atoms with Crippen molar-refractivity contribution in [3.8, 4) is 68.6 Å². The van der Waals surface area contributed by atoms with Crippen molar-refractivity contribution < 1.29 is 69.1 Å². The highest BCUT2D eigenvalue weighted by atomic mass is 16.7. The van der Waals surface area contributed by atoms with Crippen LogP contribution in [0.4, 0.5) is 0 Å². The molecular formula is C56H48N6O14. The minimum Gasteiger partial charge on any atom is -0.504 e. The Balaban J connectivity index is 0.928. The number of nitrogens with zero attached hydrogens (tertiary/aromatic N) is 6. The molecule has 20 heteroatoms. The van der Waals surface area contributed by atoms with E-state index in [0.717, 1.165) is 21.5 Å². The van der Waals surface area contributed by atoms with Gasteiger partial charge in [0, 0.05) is 44.5 Å². The van der Waals surface area contributed by atoms with E-state index >= 15 is 0 Å². The molecule has 0 amide bonds. The van der Waals surface area contributed by atoms with Crippen molar-refractivity contribution in [2.24, 2.45) is 30.9 Å². The Hall–Kier alpha value is -10.5. The third kappa shape index (κ3) is 12.4. The predicted octanol–water partition coefficient (Wildman–Crippen LogP) is 9.54. The second-order valence-electron chi connectivity index (χ2n) is 15.9. The lowest BCUT2D eigenvalue weighted by molar-refractivity contribution is 0.0553. The van der Waals surface area contributed by atoms with Crippen LogP contribution in [0.15, 0.2) is 164 Å². The topological polar surface area (TPSA) is 269 Å². The summed E-state index contributed by atoms with van der Waals surface area (Å²) >= 11 is 0. The quantitative estimate of drug-likeness (QED) is 0.0151. The molecule has 20 nitrogen and oxygen atoms in total. The average molecular weight is 1030 g/mol. The number of aromatic hydroxyl groups is 6. The Morgan fingerprint density at radius 3 is 0.974 bits per heavy atom. The molecule has 0 aliphatic rings. The van der Waals surface area contributed by atoms with Crippen LogP contribution in [0.25, 0.3) is 32.7 Å². The number of phenolic OH excluding ortho intramolecular Hbond substituents is 6. The van der Waals surface area contributed by atoms with Gasteiger partial charge in [-0.3, -0.25) is 0 Å². The lowest BCUT2D eigenvalue weighted by Gasteiger charge is -2.16. The second kappa shape index (κ2) is 25.2. The number of rotatable bonds is 23. The number of phenols is 6. The Morgan fingerprint density at radius 2 is 0.632 bits per heavy atom. The third-order valence-electron chi connectivity index (χ3n) is 11.2. The molecule has 0 spiro atoms. The highest BCUT2D eigenvalue weighted by molar-refractivity contribution is 6.10. The lowest BCUT2D eigenvalue weighted by atomic mass is 9.92. The van der Waals surface area contributed by atoms with E-state index in [0.29, 0.717) is 45.3 Å². The molecule has 0 saturated heterocycles. The van der Waals surface area contributed by atoms with Crippen molar-refractivity contribution in [1.29, 1.82) is 0 Å². The van der Waals surface area contributed by atoms with E-state index in [1.54, 1.807) is 48.5 Å². The van der Waals surface area contributed by atoms with Crippen LogP contribution in [0, 0.1) is 0 Å². The monoisotopic (exact) mass is 1030 g/mol. The number of oxime groups is 6. The van der Waals surface area contributed by atoms with Crippen molar-refractivity contribution in [2.45, 2.75) is 0 Å². The SMILES string of the molecule is COc1cccc(/C=N/OCCO/N=C/c2ccc(/C=N/Oc3ccc4ccccc4c3-c3c(O/N=C/c4ccc(/C=N/OCCO/N=C/c5cccc(OC)c5O)c(O)c4O)ccc4ccccc34)c(O)c2O)c1O. The van der Waals surface area contributed by atoms with Gasteiger partial charge in [0.15, 0.2) is 83.9 Å². The molecule has 0 aliphatic heterocycles. The van der Waals surface area contributed by atoms with Gasteiger partial charge in [-0.25, -0.2) is 0 Å². The zero-order chi connectivity index (χ0) is 53.2. The third-order valence-corrected chi connectivity index (χ3v) is 11.2. The molecule has 0 fully saturated rings. The summed E-state index contributed by atoms with van der Waals surface area (Å²) in [4.78, 5) is 32.9. The van der Waals surface area contributed by atoms with Crippen molar-refractivity contribution in [1.82, 2.24) is 0 Å². The fourth-order valence-electron chi connectivity index (χ4n) is 7.44. The van der Waals surface area contributed by atoms with E-state index in [-0.39, 0.29) is 60.2 Å². The smallest absolute Gasteiger partial charge is 0.167 e. The maximum absolute atomic E-state index is 10.9. The summed E-state index contributed by atoms with van der Waals surface area (Å²) in [5.41, 5.74) is 2.58. The number of fused-ring (bicyclic) bond motifs is 2. The molecule has 0 bridgehead atoms. The van der Waals surface area contributed by atoms with Gasteiger partial charge < -0.3 is 69.1 Å². The molecule has 0 heterocycles. The minimum atomic E-state index is -0.485. The zero-order valence-corrected chi connectivity index (χ0v) is 40.6. The molecule has 386 valence electrons. The van der Waals surface area contributed by atoms with E-state index in [1.807, 2.05) is 60.7 Å². The Labute approximate surface area is 433 Å². The molecule has 0 unspecified atom stereocenters. The number of benzene rings is 8. The Morgan fingerprint density at radius 1 is 0.316 bits per heavy atom. The van der Waals surface area contributed by atoms with Gasteiger partial charge >= 0.3 is 0 Å². The van der Waals surface area contributed by atoms with Gasteiger partial charge in [0.25, 0.3) is 0 Å². The molecule has 6 N–H and O–H groups in total. The van der Waals surface area contributed by atoms with Crippen molar-refractivity contribution in [2.75, 3.05) is 40.6 Å². The van der Waals surface area contributed by atoms with Crippen LogP contribution in [0.5, 0.6) is 57.5 Å². The normalized spacial score (nSPS) is 11.8. The molecule has 0 saturated carbocycles. The van der Waals surface area contributed by atoms with Crippen molar-refractivity contribution in [3.05, 3.63) is 167 Å². The van der Waals surface area contributed by atoms with Crippen LogP contribution < -0.4 is 19.1 Å². The van der Waals surface area contributed by atoms with E-state index in [4.69, 9.17) is 38.5 Å². The first-order valence-electron chi connectivity index (χ1n) is 23.0. The molecule has 0 aromatic heterocycles. The fraction of sp³-hybridized carbons (Fsp3) is 0.107. The first-order chi connectivity index (χ1) is 37.2. The van der Waals surface area contributed by atoms with Gasteiger partial charge in [0.05, 0.1) is 51.5 Å². The lowest BCUT2D eigenvalue weighted by Crippen LogP contribution is -1.98. The van der Waals surface area contributed by atoms with E-state index in [2.05, 4.69) is 30.9 Å². The highest BCUT2D eigenvalue weighted by Crippen LogP contribution is 2.46. The summed E-state index contributed by atoms with van der Waals surface area (Å²) in [7, 11) is 2.88. The molecule has 76 heavy (non-hydrogen) atoms.